The Hall–Kier alpha value is -4.32. The quantitative estimate of drug-likeness (QED) is 0.0418. The number of aliphatic hydroxyl groups is 2. The van der Waals surface area contributed by atoms with Crippen LogP contribution in [0.15, 0.2) is 46.9 Å². The maximum Gasteiger partial charge on any atom is 0.309 e. The van der Waals surface area contributed by atoms with E-state index in [0.717, 1.165) is 116 Å². The molecule has 3 N–H and O–H groups in total. The summed E-state index contributed by atoms with van der Waals surface area (Å²) in [7, 11) is 0. The second-order valence-electron chi connectivity index (χ2n) is 19.1. The summed E-state index contributed by atoms with van der Waals surface area (Å²) >= 11 is 0. The van der Waals surface area contributed by atoms with E-state index in [1.807, 2.05) is 16.7 Å². The van der Waals surface area contributed by atoms with Crippen LogP contribution in [0, 0.1) is 23.7 Å². The van der Waals surface area contributed by atoms with Crippen molar-refractivity contribution < 1.29 is 53.2 Å². The number of nitrogens with zero attached hydrogens (tertiary/aromatic N) is 2. The molecule has 66 heavy (non-hydrogen) atoms. The number of phenolic OH excluding ortho intramolecular Hbond substituents is 1. The van der Waals surface area contributed by atoms with Gasteiger partial charge < -0.3 is 39.2 Å². The van der Waals surface area contributed by atoms with Crippen molar-refractivity contribution in [3.8, 4) is 11.5 Å². The summed E-state index contributed by atoms with van der Waals surface area (Å²) in [6.45, 7) is 15.9. The number of carbonyl (C=O) groups excluding carboxylic acids is 3. The van der Waals surface area contributed by atoms with Crippen LogP contribution < -0.4 is 9.64 Å². The molecule has 0 saturated heterocycles. The first-order chi connectivity index (χ1) is 32.0. The smallest absolute Gasteiger partial charge is 0.309 e. The zero-order valence-electron chi connectivity index (χ0n) is 41.3. The van der Waals surface area contributed by atoms with Crippen molar-refractivity contribution in [1.29, 1.82) is 0 Å². The average Bonchev–Trinajstić information content (AvgIpc) is 4.07. The number of esters is 2. The molecule has 12 heteroatoms. The zero-order chi connectivity index (χ0) is 47.6. The fraction of sp³-hybridized carbons (Fsp3) is 0.704. The Morgan fingerprint density at radius 1 is 0.742 bits per heavy atom. The fourth-order valence-electron chi connectivity index (χ4n) is 10.0. The Morgan fingerprint density at radius 2 is 1.33 bits per heavy atom. The molecule has 3 saturated carbocycles. The van der Waals surface area contributed by atoms with Crippen LogP contribution >= 0.6 is 0 Å². The molecule has 1 aromatic rings. The van der Waals surface area contributed by atoms with Gasteiger partial charge in [-0.15, -0.1) is 0 Å². The average molecular weight is 920 g/mol. The Kier molecular flexibility index (Phi) is 21.4. The summed E-state index contributed by atoms with van der Waals surface area (Å²) in [5.41, 5.74) is 1.70. The van der Waals surface area contributed by atoms with Gasteiger partial charge in [-0.2, -0.15) is 0 Å². The zero-order valence-corrected chi connectivity index (χ0v) is 41.3. The van der Waals surface area contributed by atoms with Gasteiger partial charge in [0.05, 0.1) is 61.3 Å². The molecule has 1 aromatic carbocycles. The van der Waals surface area contributed by atoms with Crippen molar-refractivity contribution in [3.05, 3.63) is 52.5 Å². The van der Waals surface area contributed by atoms with Crippen LogP contribution in [0.25, 0.3) is 0 Å². The maximum absolute atomic E-state index is 14.7. The summed E-state index contributed by atoms with van der Waals surface area (Å²) in [5.74, 6) is -1.24. The molecule has 4 aliphatic rings. The normalized spacial score (nSPS) is 21.8. The predicted molar refractivity (Wildman–Crippen MR) is 259 cm³/mol. The van der Waals surface area contributed by atoms with E-state index in [1.165, 1.54) is 0 Å². The van der Waals surface area contributed by atoms with Crippen LogP contribution in [0.3, 0.4) is 0 Å². The molecule has 4 atom stereocenters. The van der Waals surface area contributed by atoms with Crippen molar-refractivity contribution in [3.63, 3.8) is 0 Å². The molecule has 5 rings (SSSR count). The van der Waals surface area contributed by atoms with Gasteiger partial charge in [0.15, 0.2) is 12.3 Å². The van der Waals surface area contributed by atoms with Crippen molar-refractivity contribution in [2.45, 2.75) is 169 Å². The van der Waals surface area contributed by atoms with Crippen molar-refractivity contribution in [2.75, 3.05) is 57.5 Å². The topological polar surface area (TPSA) is 155 Å². The van der Waals surface area contributed by atoms with Gasteiger partial charge in [-0.25, -0.2) is 4.58 Å². The van der Waals surface area contributed by atoms with Gasteiger partial charge in [-0.1, -0.05) is 106 Å². The Morgan fingerprint density at radius 3 is 1.88 bits per heavy atom. The van der Waals surface area contributed by atoms with Crippen LogP contribution in [0.4, 0.5) is 5.69 Å². The molecule has 4 unspecified atom stereocenters. The van der Waals surface area contributed by atoms with Crippen molar-refractivity contribution in [1.82, 2.24) is 0 Å². The number of allylic oxidation sites excluding steroid dienone is 2. The number of phenols is 1. The fourth-order valence-corrected chi connectivity index (χ4v) is 10.0. The minimum Gasteiger partial charge on any atom is -0.507 e. The van der Waals surface area contributed by atoms with Gasteiger partial charge in [-0.05, 0) is 56.8 Å². The number of rotatable bonds is 28. The predicted octanol–water partition coefficient (Wildman–Crippen LogP) is 10.4. The lowest BCUT2D eigenvalue weighted by atomic mass is 9.68. The number of ketones is 1. The number of aliphatic hydroxyl groups excluding tert-OH is 2. The second kappa shape index (κ2) is 26.9. The van der Waals surface area contributed by atoms with Gasteiger partial charge in [-0.3, -0.25) is 14.4 Å². The molecule has 0 amide bonds. The van der Waals surface area contributed by atoms with Crippen LogP contribution in [0.2, 0.25) is 0 Å². The molecule has 0 spiro atoms. The van der Waals surface area contributed by atoms with Crippen LogP contribution in [0.1, 0.15) is 169 Å². The first-order valence-electron chi connectivity index (χ1n) is 25.9. The largest absolute Gasteiger partial charge is 0.507 e. The summed E-state index contributed by atoms with van der Waals surface area (Å²) < 4.78 is 26.7. The number of ether oxygens (including phenoxy) is 4. The summed E-state index contributed by atoms with van der Waals surface area (Å²) in [6, 6.07) is 3.45. The lowest BCUT2D eigenvalue weighted by molar-refractivity contribution is -0.528. The molecule has 3 fully saturated rings. The molecule has 4 aliphatic carbocycles. The molecule has 0 radical (unpaired) electrons. The minimum absolute atomic E-state index is 0.0219. The Balaban J connectivity index is 1.49. The van der Waals surface area contributed by atoms with Crippen molar-refractivity contribution in [2.24, 2.45) is 23.7 Å². The summed E-state index contributed by atoms with van der Waals surface area (Å²) in [4.78, 5) is 42.3. The highest BCUT2D eigenvalue weighted by Gasteiger charge is 2.51. The van der Waals surface area contributed by atoms with E-state index in [-0.39, 0.29) is 77.0 Å². The Bertz CT molecular complexity index is 1890. The van der Waals surface area contributed by atoms with Gasteiger partial charge in [0.2, 0.25) is 5.71 Å². The third-order valence-corrected chi connectivity index (χ3v) is 14.3. The van der Waals surface area contributed by atoms with Gasteiger partial charge in [0.25, 0.3) is 0 Å². The highest BCUT2D eigenvalue weighted by Crippen LogP contribution is 2.50. The van der Waals surface area contributed by atoms with E-state index in [0.29, 0.717) is 62.3 Å². The number of anilines is 1. The van der Waals surface area contributed by atoms with Gasteiger partial charge in [0, 0.05) is 41.9 Å². The molecule has 0 heterocycles. The third-order valence-electron chi connectivity index (χ3n) is 14.3. The number of unbranched alkanes of at least 4 members (excludes halogenated alkanes) is 2. The number of benzene rings is 1. The lowest BCUT2D eigenvalue weighted by Gasteiger charge is -2.38. The minimum atomic E-state index is -1.39. The second-order valence-corrected chi connectivity index (χ2v) is 19.1. The molecular formula is C54H83N2O10+. The van der Waals surface area contributed by atoms with E-state index in [1.54, 1.807) is 12.1 Å². The number of hydrogen-bond acceptors (Lipinski definition) is 11. The van der Waals surface area contributed by atoms with Crippen LogP contribution in [-0.2, 0) is 28.6 Å². The maximum atomic E-state index is 14.7. The standard InChI is InChI=1S/C54H82N2O10/c1-7-13-19-37(11-5)35-65-45-33-41(55(25-9-3)27-29-63-53(61)39-21-15-16-22-39)31-43(57)47(45)49-51(59)50(52(49)60)48-44(58)32-42(34-46(48)66-36-38(12-6)20-14-8-2)56(26-10-4)28-30-64-54(62)40-23-17-18-24-40/h31-34,37-40,49,51,57,59H,7-30,35-36H2,1-6H3/p+1/b50-48+. The van der Waals surface area contributed by atoms with Gasteiger partial charge in [0.1, 0.15) is 42.8 Å². The van der Waals surface area contributed by atoms with E-state index in [4.69, 9.17) is 18.9 Å². The SMILES string of the molecule is CCCCC(CC)COC1=CC(=[N+](CCC)CCOC(=O)C2CCCC2)C=C(O)/C1=C1\C(=O)C(c2c(O)cc(N(CCC)CCOC(=O)C3CCCC3)cc2OCC(CC)CCCC)C1O. The number of aromatic hydroxyl groups is 1. The molecule has 0 bridgehead atoms. The molecular weight excluding hydrogens is 837 g/mol. The van der Waals surface area contributed by atoms with Crippen molar-refractivity contribution >= 4 is 29.1 Å². The number of hydrogen-bond donors (Lipinski definition) is 3. The molecule has 12 nitrogen and oxygen atoms in total. The van der Waals surface area contributed by atoms with Gasteiger partial charge >= 0.3 is 11.9 Å². The van der Waals surface area contributed by atoms with E-state index < -0.39 is 17.8 Å². The highest BCUT2D eigenvalue weighted by molar-refractivity contribution is 6.13. The van der Waals surface area contributed by atoms with Crippen LogP contribution in [0.5, 0.6) is 11.5 Å². The number of carbonyl (C=O) groups is 3. The monoisotopic (exact) mass is 920 g/mol. The number of Topliss-reactive ketones (excluding diaryl/α,β-unsaturated/α-hetero) is 1. The van der Waals surface area contributed by atoms with E-state index in [9.17, 15) is 29.7 Å². The third kappa shape index (κ3) is 13.9. The van der Waals surface area contributed by atoms with E-state index >= 15 is 0 Å². The highest BCUT2D eigenvalue weighted by atomic mass is 16.5. The first kappa shape index (κ1) is 52.6. The Labute approximate surface area is 395 Å². The first-order valence-corrected chi connectivity index (χ1v) is 25.9. The molecule has 0 aromatic heterocycles. The van der Waals surface area contributed by atoms with Crippen LogP contribution in [-0.4, -0.2) is 102 Å². The molecule has 368 valence electrons. The molecule has 0 aliphatic heterocycles. The summed E-state index contributed by atoms with van der Waals surface area (Å²) in [6.07, 6.45) is 19.2. The van der Waals surface area contributed by atoms with E-state index in [2.05, 4.69) is 46.4 Å². The summed E-state index contributed by atoms with van der Waals surface area (Å²) in [5, 5.41) is 36.0. The lowest BCUT2D eigenvalue weighted by Crippen LogP contribution is -2.45.